The zero-order valence-electron chi connectivity index (χ0n) is 16.8. The number of hydrogen-bond acceptors (Lipinski definition) is 4. The second-order valence-corrected chi connectivity index (χ2v) is 8.03. The van der Waals surface area contributed by atoms with Gasteiger partial charge in [0.15, 0.2) is 0 Å². The molecule has 2 fully saturated rings. The van der Waals surface area contributed by atoms with Crippen molar-refractivity contribution in [1.29, 1.82) is 0 Å². The Balaban J connectivity index is 1.23. The Morgan fingerprint density at radius 2 is 1.79 bits per heavy atom. The standard InChI is InChI=1S/C22H27N5O2/c1-16(28)26-11-8-18(9-12-26)13-17-4-6-20(7-5-17)24-22(29)27-14-19(15-27)21-3-2-10-23-25-21/h2-7,10,18-19H,8-9,11-15H2,1H3,(H,24,29). The molecule has 0 bridgehead atoms. The van der Waals surface area contributed by atoms with E-state index in [9.17, 15) is 9.59 Å². The average Bonchev–Trinajstić information content (AvgIpc) is 2.69. The van der Waals surface area contributed by atoms with Crippen LogP contribution in [0, 0.1) is 5.92 Å². The minimum Gasteiger partial charge on any atom is -0.343 e. The fraction of sp³-hybridized carbons (Fsp3) is 0.455. The highest BCUT2D eigenvalue weighted by Crippen LogP contribution is 2.26. The molecule has 3 amide bonds. The van der Waals surface area contributed by atoms with Gasteiger partial charge in [-0.2, -0.15) is 10.2 Å². The number of nitrogens with zero attached hydrogens (tertiary/aromatic N) is 4. The molecule has 2 aliphatic heterocycles. The van der Waals surface area contributed by atoms with E-state index in [0.29, 0.717) is 19.0 Å². The van der Waals surface area contributed by atoms with Gasteiger partial charge in [0.25, 0.3) is 0 Å². The molecular formula is C22H27N5O2. The molecule has 0 atom stereocenters. The van der Waals surface area contributed by atoms with E-state index in [2.05, 4.69) is 27.6 Å². The highest BCUT2D eigenvalue weighted by atomic mass is 16.2. The van der Waals surface area contributed by atoms with E-state index in [4.69, 9.17) is 0 Å². The largest absolute Gasteiger partial charge is 0.343 e. The van der Waals surface area contributed by atoms with Gasteiger partial charge in [0.05, 0.1) is 5.69 Å². The number of nitrogens with one attached hydrogen (secondary N) is 1. The number of aromatic nitrogens is 2. The highest BCUT2D eigenvalue weighted by molar-refractivity contribution is 5.90. The SMILES string of the molecule is CC(=O)N1CCC(Cc2ccc(NC(=O)N3CC(c4cccnn4)C3)cc2)CC1. The number of anilines is 1. The monoisotopic (exact) mass is 393 g/mol. The molecule has 3 heterocycles. The van der Waals surface area contributed by atoms with Crippen molar-refractivity contribution in [2.24, 2.45) is 5.92 Å². The van der Waals surface area contributed by atoms with E-state index in [1.54, 1.807) is 18.0 Å². The first-order valence-corrected chi connectivity index (χ1v) is 10.3. The minimum atomic E-state index is -0.0745. The van der Waals surface area contributed by atoms with Crippen LogP contribution in [0.3, 0.4) is 0 Å². The number of rotatable bonds is 4. The molecule has 7 heteroatoms. The maximum Gasteiger partial charge on any atom is 0.321 e. The molecule has 1 aromatic heterocycles. The Labute approximate surface area is 171 Å². The summed E-state index contributed by atoms with van der Waals surface area (Å²) in [5.41, 5.74) is 3.03. The molecule has 0 spiro atoms. The Bertz CT molecular complexity index is 841. The summed E-state index contributed by atoms with van der Waals surface area (Å²) in [4.78, 5) is 27.6. The highest BCUT2D eigenvalue weighted by Gasteiger charge is 2.32. The zero-order chi connectivity index (χ0) is 20.2. The second-order valence-electron chi connectivity index (χ2n) is 8.03. The Morgan fingerprint density at radius 3 is 2.41 bits per heavy atom. The molecule has 29 heavy (non-hydrogen) atoms. The van der Waals surface area contributed by atoms with Gasteiger partial charge in [0, 0.05) is 50.9 Å². The first-order valence-electron chi connectivity index (χ1n) is 10.3. The quantitative estimate of drug-likeness (QED) is 0.866. The molecule has 4 rings (SSSR count). The Kier molecular flexibility index (Phi) is 5.74. The van der Waals surface area contributed by atoms with Gasteiger partial charge < -0.3 is 15.1 Å². The fourth-order valence-corrected chi connectivity index (χ4v) is 4.07. The summed E-state index contributed by atoms with van der Waals surface area (Å²) in [7, 11) is 0. The smallest absolute Gasteiger partial charge is 0.321 e. The lowest BCUT2D eigenvalue weighted by Gasteiger charge is -2.38. The lowest BCUT2D eigenvalue weighted by Crippen LogP contribution is -2.50. The minimum absolute atomic E-state index is 0.0745. The molecule has 7 nitrogen and oxygen atoms in total. The third kappa shape index (κ3) is 4.72. The number of carbonyl (C=O) groups excluding carboxylic acids is 2. The first kappa shape index (κ1) is 19.4. The molecule has 0 aliphatic carbocycles. The van der Waals surface area contributed by atoms with Gasteiger partial charge in [0.2, 0.25) is 5.91 Å². The predicted molar refractivity (Wildman–Crippen MR) is 110 cm³/mol. The van der Waals surface area contributed by atoms with E-state index in [-0.39, 0.29) is 17.9 Å². The molecule has 0 saturated carbocycles. The number of piperidine rings is 1. The van der Waals surface area contributed by atoms with Crippen molar-refractivity contribution < 1.29 is 9.59 Å². The van der Waals surface area contributed by atoms with Crippen LogP contribution in [0.1, 0.15) is 36.9 Å². The number of amides is 3. The summed E-state index contributed by atoms with van der Waals surface area (Å²) in [6.45, 7) is 4.70. The molecule has 1 N–H and O–H groups in total. The van der Waals surface area contributed by atoms with Crippen molar-refractivity contribution in [3.05, 3.63) is 53.9 Å². The molecule has 2 aliphatic rings. The Hall–Kier alpha value is -2.96. The van der Waals surface area contributed by atoms with Crippen LogP contribution in [-0.2, 0) is 11.2 Å². The van der Waals surface area contributed by atoms with E-state index in [1.165, 1.54) is 5.56 Å². The van der Waals surface area contributed by atoms with Gasteiger partial charge in [-0.15, -0.1) is 0 Å². The number of urea groups is 1. The summed E-state index contributed by atoms with van der Waals surface area (Å²) >= 11 is 0. The van der Waals surface area contributed by atoms with Crippen molar-refractivity contribution in [3.63, 3.8) is 0 Å². The summed E-state index contributed by atoms with van der Waals surface area (Å²) in [5, 5.41) is 11.0. The maximum atomic E-state index is 12.4. The second kappa shape index (κ2) is 8.59. The van der Waals surface area contributed by atoms with E-state index < -0.39 is 0 Å². The maximum absolute atomic E-state index is 12.4. The van der Waals surface area contributed by atoms with Gasteiger partial charge in [-0.05, 0) is 55.0 Å². The third-order valence-electron chi connectivity index (χ3n) is 5.97. The normalized spacial score (nSPS) is 17.7. The number of benzene rings is 1. The number of carbonyl (C=O) groups is 2. The Morgan fingerprint density at radius 1 is 1.07 bits per heavy atom. The van der Waals surface area contributed by atoms with Crippen LogP contribution in [0.2, 0.25) is 0 Å². The molecular weight excluding hydrogens is 366 g/mol. The van der Waals surface area contributed by atoms with Crippen molar-refractivity contribution in [2.75, 3.05) is 31.5 Å². The van der Waals surface area contributed by atoms with Crippen LogP contribution in [0.25, 0.3) is 0 Å². The van der Waals surface area contributed by atoms with Crippen LogP contribution in [0.5, 0.6) is 0 Å². The van der Waals surface area contributed by atoms with Crippen LogP contribution in [0.15, 0.2) is 42.6 Å². The summed E-state index contributed by atoms with van der Waals surface area (Å²) in [5.74, 6) is 1.06. The summed E-state index contributed by atoms with van der Waals surface area (Å²) in [6.07, 6.45) is 4.79. The van der Waals surface area contributed by atoms with Gasteiger partial charge in [-0.1, -0.05) is 12.1 Å². The van der Waals surface area contributed by atoms with E-state index in [1.807, 2.05) is 29.2 Å². The van der Waals surface area contributed by atoms with Crippen molar-refractivity contribution in [1.82, 2.24) is 20.0 Å². The molecule has 2 aromatic rings. The number of likely N-dealkylation sites (tertiary alicyclic amines) is 2. The van der Waals surface area contributed by atoms with Gasteiger partial charge in [-0.25, -0.2) is 4.79 Å². The van der Waals surface area contributed by atoms with Crippen LogP contribution < -0.4 is 5.32 Å². The van der Waals surface area contributed by atoms with Crippen LogP contribution in [0.4, 0.5) is 10.5 Å². The van der Waals surface area contributed by atoms with Crippen LogP contribution >= 0.6 is 0 Å². The molecule has 0 radical (unpaired) electrons. The topological polar surface area (TPSA) is 78.4 Å². The average molecular weight is 393 g/mol. The lowest BCUT2D eigenvalue weighted by atomic mass is 9.90. The van der Waals surface area contributed by atoms with Crippen molar-refractivity contribution in [2.45, 2.75) is 32.1 Å². The molecule has 0 unspecified atom stereocenters. The molecule has 2 saturated heterocycles. The fourth-order valence-electron chi connectivity index (χ4n) is 4.07. The number of hydrogen-bond donors (Lipinski definition) is 1. The van der Waals surface area contributed by atoms with Gasteiger partial charge in [-0.3, -0.25) is 4.79 Å². The summed E-state index contributed by atoms with van der Waals surface area (Å²) < 4.78 is 0. The van der Waals surface area contributed by atoms with Gasteiger partial charge in [0.1, 0.15) is 0 Å². The van der Waals surface area contributed by atoms with E-state index >= 15 is 0 Å². The van der Waals surface area contributed by atoms with Crippen molar-refractivity contribution in [3.8, 4) is 0 Å². The summed E-state index contributed by atoms with van der Waals surface area (Å²) in [6, 6.07) is 11.9. The third-order valence-corrected chi connectivity index (χ3v) is 5.97. The van der Waals surface area contributed by atoms with Crippen molar-refractivity contribution >= 4 is 17.6 Å². The molecule has 152 valence electrons. The predicted octanol–water partition coefficient (Wildman–Crippen LogP) is 2.91. The molecule has 1 aromatic carbocycles. The lowest BCUT2D eigenvalue weighted by molar-refractivity contribution is -0.130. The zero-order valence-corrected chi connectivity index (χ0v) is 16.8. The first-order chi connectivity index (χ1) is 14.1. The van der Waals surface area contributed by atoms with Crippen LogP contribution in [-0.4, -0.2) is 58.1 Å². The van der Waals surface area contributed by atoms with E-state index in [0.717, 1.165) is 43.7 Å². The van der Waals surface area contributed by atoms with Gasteiger partial charge >= 0.3 is 6.03 Å².